The highest BCUT2D eigenvalue weighted by Crippen LogP contribution is 2.27. The number of rotatable bonds is 10. The van der Waals surface area contributed by atoms with Crippen molar-refractivity contribution in [3.05, 3.63) is 65.7 Å². The van der Waals surface area contributed by atoms with Gasteiger partial charge < -0.3 is 9.47 Å². The minimum Gasteiger partial charge on any atom is -0.486 e. The average molecular weight is 375 g/mol. The predicted octanol–water partition coefficient (Wildman–Crippen LogP) is 5.71. The third-order valence-corrected chi connectivity index (χ3v) is 4.48. The number of esters is 1. The largest absolute Gasteiger partial charge is 0.486 e. The molecule has 2 aromatic rings. The molecular weight excluding hydrogens is 348 g/mol. The molecule has 2 aromatic carbocycles. The fraction of sp³-hybridized carbons (Fsp3) is 0.409. The number of carbonyl (C=O) groups excluding carboxylic acids is 1. The molecule has 0 bridgehead atoms. The number of ether oxygens (including phenoxy) is 2. The Morgan fingerprint density at radius 1 is 1.04 bits per heavy atom. The Morgan fingerprint density at radius 3 is 2.35 bits per heavy atom. The highest BCUT2D eigenvalue weighted by molar-refractivity contribution is 6.30. The van der Waals surface area contributed by atoms with E-state index in [9.17, 15) is 4.79 Å². The molecule has 4 heteroatoms. The van der Waals surface area contributed by atoms with Crippen LogP contribution in [0.3, 0.4) is 0 Å². The van der Waals surface area contributed by atoms with Crippen LogP contribution in [0, 0.1) is 0 Å². The average Bonchev–Trinajstić information content (AvgIpc) is 2.67. The lowest BCUT2D eigenvalue weighted by Crippen LogP contribution is -2.20. The molecule has 3 nitrogen and oxygen atoms in total. The van der Waals surface area contributed by atoms with Crippen molar-refractivity contribution in [3.8, 4) is 5.75 Å². The predicted molar refractivity (Wildman–Crippen MR) is 106 cm³/mol. The van der Waals surface area contributed by atoms with Gasteiger partial charge in [0.1, 0.15) is 17.2 Å². The Bertz CT molecular complexity index is 655. The molecule has 0 N–H and O–H groups in total. The summed E-state index contributed by atoms with van der Waals surface area (Å²) in [6, 6.07) is 18.1. The first-order chi connectivity index (χ1) is 12.6. The van der Waals surface area contributed by atoms with Gasteiger partial charge in [0.2, 0.25) is 0 Å². The summed E-state index contributed by atoms with van der Waals surface area (Å²) in [7, 11) is 0. The topological polar surface area (TPSA) is 35.5 Å². The second-order valence-electron chi connectivity index (χ2n) is 6.23. The number of halogens is 1. The van der Waals surface area contributed by atoms with Crippen LogP contribution in [-0.4, -0.2) is 18.0 Å². The first kappa shape index (κ1) is 20.3. The third kappa shape index (κ3) is 6.38. The SMILES string of the molecule is CCCCC(Oc1ccc(CC(Cl)C(=O)OCC)cc1)c1ccccc1. The molecule has 2 atom stereocenters. The molecule has 0 spiro atoms. The van der Waals surface area contributed by atoms with Crippen molar-refractivity contribution in [2.24, 2.45) is 0 Å². The highest BCUT2D eigenvalue weighted by Gasteiger charge is 2.17. The maximum atomic E-state index is 11.6. The van der Waals surface area contributed by atoms with E-state index in [0.29, 0.717) is 13.0 Å². The van der Waals surface area contributed by atoms with Gasteiger partial charge in [0.05, 0.1) is 6.61 Å². The van der Waals surface area contributed by atoms with Gasteiger partial charge >= 0.3 is 5.97 Å². The summed E-state index contributed by atoms with van der Waals surface area (Å²) >= 11 is 6.10. The second-order valence-corrected chi connectivity index (χ2v) is 6.75. The van der Waals surface area contributed by atoms with Crippen LogP contribution >= 0.6 is 11.6 Å². The molecule has 0 heterocycles. The molecule has 2 unspecified atom stereocenters. The standard InChI is InChI=1S/C22H27ClO3/c1-3-5-11-21(18-9-7-6-8-10-18)26-19-14-12-17(13-15-19)16-20(23)22(24)25-4-2/h6-10,12-15,20-21H,3-5,11,16H2,1-2H3. The molecule has 0 fully saturated rings. The minimum atomic E-state index is -0.664. The summed E-state index contributed by atoms with van der Waals surface area (Å²) in [4.78, 5) is 11.6. The number of hydrogen-bond donors (Lipinski definition) is 0. The van der Waals surface area contributed by atoms with Gasteiger partial charge in [-0.2, -0.15) is 0 Å². The zero-order valence-corrected chi connectivity index (χ0v) is 16.2. The van der Waals surface area contributed by atoms with E-state index in [1.165, 1.54) is 5.56 Å². The molecule has 0 aliphatic rings. The van der Waals surface area contributed by atoms with E-state index in [1.807, 2.05) is 42.5 Å². The van der Waals surface area contributed by atoms with Crippen LogP contribution < -0.4 is 4.74 Å². The normalized spacial score (nSPS) is 13.0. The van der Waals surface area contributed by atoms with Gasteiger partial charge in [0.15, 0.2) is 0 Å². The van der Waals surface area contributed by atoms with Crippen LogP contribution in [0.5, 0.6) is 5.75 Å². The Hall–Kier alpha value is -2.00. The molecular formula is C22H27ClO3. The van der Waals surface area contributed by atoms with Crippen molar-refractivity contribution in [2.45, 2.75) is 51.0 Å². The third-order valence-electron chi connectivity index (χ3n) is 4.15. The second kappa shape index (κ2) is 10.9. The summed E-state index contributed by atoms with van der Waals surface area (Å²) in [5.41, 5.74) is 2.17. The maximum Gasteiger partial charge on any atom is 0.324 e. The Labute approximate surface area is 161 Å². The molecule has 2 rings (SSSR count). The van der Waals surface area contributed by atoms with Crippen molar-refractivity contribution in [1.29, 1.82) is 0 Å². The Kier molecular flexibility index (Phi) is 8.49. The number of carbonyl (C=O) groups is 1. The van der Waals surface area contributed by atoms with Crippen LogP contribution in [0.4, 0.5) is 0 Å². The van der Waals surface area contributed by atoms with E-state index in [2.05, 4.69) is 19.1 Å². The number of unbranched alkanes of at least 4 members (excludes halogenated alkanes) is 1. The molecule has 0 radical (unpaired) electrons. The lowest BCUT2D eigenvalue weighted by Gasteiger charge is -2.20. The quantitative estimate of drug-likeness (QED) is 0.394. The van der Waals surface area contributed by atoms with Crippen molar-refractivity contribution in [1.82, 2.24) is 0 Å². The van der Waals surface area contributed by atoms with Gasteiger partial charge in [-0.05, 0) is 49.4 Å². The van der Waals surface area contributed by atoms with E-state index in [-0.39, 0.29) is 12.1 Å². The van der Waals surface area contributed by atoms with Crippen molar-refractivity contribution >= 4 is 17.6 Å². The van der Waals surface area contributed by atoms with Gasteiger partial charge in [-0.1, -0.05) is 55.8 Å². The van der Waals surface area contributed by atoms with Gasteiger partial charge in [0, 0.05) is 0 Å². The number of hydrogen-bond acceptors (Lipinski definition) is 3. The minimum absolute atomic E-state index is 0.0438. The number of benzene rings is 2. The van der Waals surface area contributed by atoms with Crippen LogP contribution in [0.25, 0.3) is 0 Å². The molecule has 0 aliphatic heterocycles. The molecule has 0 amide bonds. The molecule has 26 heavy (non-hydrogen) atoms. The van der Waals surface area contributed by atoms with E-state index in [1.54, 1.807) is 6.92 Å². The summed E-state index contributed by atoms with van der Waals surface area (Å²) in [6.45, 7) is 4.30. The van der Waals surface area contributed by atoms with Crippen molar-refractivity contribution < 1.29 is 14.3 Å². The van der Waals surface area contributed by atoms with Gasteiger partial charge in [-0.3, -0.25) is 4.79 Å². The van der Waals surface area contributed by atoms with Gasteiger partial charge in [0.25, 0.3) is 0 Å². The Morgan fingerprint density at radius 2 is 1.73 bits per heavy atom. The fourth-order valence-corrected chi connectivity index (χ4v) is 2.98. The van der Waals surface area contributed by atoms with Crippen molar-refractivity contribution in [2.75, 3.05) is 6.61 Å². The molecule has 0 aromatic heterocycles. The highest BCUT2D eigenvalue weighted by atomic mass is 35.5. The van der Waals surface area contributed by atoms with Crippen LogP contribution in [-0.2, 0) is 16.0 Å². The van der Waals surface area contributed by atoms with E-state index < -0.39 is 5.38 Å². The Balaban J connectivity index is 2.00. The lowest BCUT2D eigenvalue weighted by molar-refractivity contribution is -0.142. The van der Waals surface area contributed by atoms with Gasteiger partial charge in [-0.25, -0.2) is 0 Å². The zero-order chi connectivity index (χ0) is 18.8. The first-order valence-corrected chi connectivity index (χ1v) is 9.69. The van der Waals surface area contributed by atoms with Crippen LogP contribution in [0.15, 0.2) is 54.6 Å². The maximum absolute atomic E-state index is 11.6. The van der Waals surface area contributed by atoms with Gasteiger partial charge in [-0.15, -0.1) is 11.6 Å². The summed E-state index contributed by atoms with van der Waals surface area (Å²) in [6.07, 6.45) is 3.72. The first-order valence-electron chi connectivity index (χ1n) is 9.25. The molecule has 0 aliphatic carbocycles. The van der Waals surface area contributed by atoms with Crippen molar-refractivity contribution in [3.63, 3.8) is 0 Å². The monoisotopic (exact) mass is 374 g/mol. The van der Waals surface area contributed by atoms with E-state index in [0.717, 1.165) is 30.6 Å². The molecule has 0 saturated carbocycles. The summed E-state index contributed by atoms with van der Waals surface area (Å²) in [5, 5.41) is -0.664. The number of alkyl halides is 1. The smallest absolute Gasteiger partial charge is 0.324 e. The van der Waals surface area contributed by atoms with E-state index >= 15 is 0 Å². The molecule has 0 saturated heterocycles. The lowest BCUT2D eigenvalue weighted by atomic mass is 10.0. The summed E-state index contributed by atoms with van der Waals surface area (Å²) < 4.78 is 11.2. The zero-order valence-electron chi connectivity index (χ0n) is 15.5. The van der Waals surface area contributed by atoms with E-state index in [4.69, 9.17) is 21.1 Å². The van der Waals surface area contributed by atoms with Crippen LogP contribution in [0.1, 0.15) is 50.3 Å². The summed E-state index contributed by atoms with van der Waals surface area (Å²) in [5.74, 6) is 0.444. The van der Waals surface area contributed by atoms with Crippen LogP contribution in [0.2, 0.25) is 0 Å². The molecule has 140 valence electrons. The fourth-order valence-electron chi connectivity index (χ4n) is 2.74.